The zero-order chi connectivity index (χ0) is 13.5. The highest BCUT2D eigenvalue weighted by atomic mass is 16.2. The first kappa shape index (κ1) is 14.4. The van der Waals surface area contributed by atoms with Crippen LogP contribution in [0.15, 0.2) is 24.3 Å². The van der Waals surface area contributed by atoms with Crippen molar-refractivity contribution in [3.8, 4) is 0 Å². The number of nitrogens with zero attached hydrogens (tertiary/aromatic N) is 1. The molecule has 19 heavy (non-hydrogen) atoms. The molecule has 0 N–H and O–H groups in total. The normalized spacial score (nSPS) is 22.9. The number of carbonyl (C=O) groups is 1. The molecule has 2 heteroatoms. The Morgan fingerprint density at radius 2 is 2.16 bits per heavy atom. The molecule has 0 heterocycles. The Hall–Kier alpha value is -1.05. The fourth-order valence-corrected chi connectivity index (χ4v) is 2.60. The fraction of sp³-hybridized carbons (Fsp3) is 0.706. The van der Waals surface area contributed by atoms with Crippen LogP contribution in [0.4, 0.5) is 0 Å². The number of amides is 1. The number of hydrogen-bond acceptors (Lipinski definition) is 1. The van der Waals surface area contributed by atoms with E-state index in [-0.39, 0.29) is 0 Å². The van der Waals surface area contributed by atoms with Gasteiger partial charge in [-0.05, 0) is 44.4 Å². The zero-order valence-electron chi connectivity index (χ0n) is 12.2. The maximum Gasteiger partial charge on any atom is 0.225 e. The highest BCUT2D eigenvalue weighted by Gasteiger charge is 2.32. The molecule has 2 aliphatic rings. The number of rotatable bonds is 7. The lowest BCUT2D eigenvalue weighted by atomic mass is 9.94. The van der Waals surface area contributed by atoms with Crippen LogP contribution in [0.25, 0.3) is 0 Å². The maximum atomic E-state index is 12.2. The molecule has 106 valence electrons. The molecule has 1 saturated carbocycles. The molecule has 0 aromatic rings. The molecule has 0 aromatic carbocycles. The number of carbonyl (C=O) groups excluding carboxylic acids is 1. The molecule has 1 atom stereocenters. The van der Waals surface area contributed by atoms with Crippen LogP contribution in [-0.4, -0.2) is 23.9 Å². The van der Waals surface area contributed by atoms with E-state index in [1.54, 1.807) is 0 Å². The van der Waals surface area contributed by atoms with Crippen LogP contribution in [0.5, 0.6) is 0 Å². The van der Waals surface area contributed by atoms with Gasteiger partial charge in [-0.3, -0.25) is 4.79 Å². The van der Waals surface area contributed by atoms with Crippen molar-refractivity contribution >= 4 is 5.91 Å². The Morgan fingerprint density at radius 3 is 2.79 bits per heavy atom. The summed E-state index contributed by atoms with van der Waals surface area (Å²) in [5, 5.41) is 0. The van der Waals surface area contributed by atoms with E-state index < -0.39 is 0 Å². The van der Waals surface area contributed by atoms with Crippen LogP contribution in [0, 0.1) is 11.8 Å². The van der Waals surface area contributed by atoms with Crippen molar-refractivity contribution in [3.05, 3.63) is 24.3 Å². The van der Waals surface area contributed by atoms with Crippen molar-refractivity contribution in [2.45, 2.75) is 51.9 Å². The lowest BCUT2D eigenvalue weighted by Crippen LogP contribution is -2.33. The lowest BCUT2D eigenvalue weighted by molar-refractivity contribution is -0.132. The second-order valence-corrected chi connectivity index (χ2v) is 5.88. The van der Waals surface area contributed by atoms with Crippen molar-refractivity contribution in [2.75, 3.05) is 13.1 Å². The van der Waals surface area contributed by atoms with E-state index in [0.717, 1.165) is 38.8 Å². The summed E-state index contributed by atoms with van der Waals surface area (Å²) in [5.74, 6) is 1.43. The maximum absolute atomic E-state index is 12.2. The predicted molar refractivity (Wildman–Crippen MR) is 79.8 cm³/mol. The molecule has 2 rings (SSSR count). The van der Waals surface area contributed by atoms with Gasteiger partial charge in [0.25, 0.3) is 0 Å². The van der Waals surface area contributed by atoms with E-state index in [9.17, 15) is 4.79 Å². The highest BCUT2D eigenvalue weighted by Crippen LogP contribution is 2.31. The molecule has 2 nitrogen and oxygen atoms in total. The summed E-state index contributed by atoms with van der Waals surface area (Å²) in [6, 6.07) is 0. The minimum atomic E-state index is 0.350. The Bertz CT molecular complexity index is 341. The van der Waals surface area contributed by atoms with Gasteiger partial charge in [0.05, 0.1) is 0 Å². The van der Waals surface area contributed by atoms with Crippen LogP contribution in [0.2, 0.25) is 0 Å². The molecule has 0 saturated heterocycles. The van der Waals surface area contributed by atoms with Gasteiger partial charge in [0.1, 0.15) is 0 Å². The summed E-state index contributed by atoms with van der Waals surface area (Å²) in [4.78, 5) is 14.2. The minimum Gasteiger partial charge on any atom is -0.339 e. The smallest absolute Gasteiger partial charge is 0.225 e. The van der Waals surface area contributed by atoms with E-state index in [4.69, 9.17) is 0 Å². The monoisotopic (exact) mass is 261 g/mol. The molecule has 0 bridgehead atoms. The molecular formula is C17H27NO. The molecule has 2 aliphatic carbocycles. The summed E-state index contributed by atoms with van der Waals surface area (Å²) in [6.07, 6.45) is 17.2. The number of hydrogen-bond donors (Lipinski definition) is 0. The highest BCUT2D eigenvalue weighted by molar-refractivity contribution is 5.81. The second kappa shape index (κ2) is 7.52. The largest absolute Gasteiger partial charge is 0.339 e. The molecule has 1 amide bonds. The van der Waals surface area contributed by atoms with E-state index in [1.165, 1.54) is 19.3 Å². The Kier molecular flexibility index (Phi) is 5.68. The first-order valence-electron chi connectivity index (χ1n) is 7.91. The fourth-order valence-electron chi connectivity index (χ4n) is 2.60. The molecule has 0 aliphatic heterocycles. The van der Waals surface area contributed by atoms with Gasteiger partial charge in [-0.2, -0.15) is 0 Å². The number of allylic oxidation sites excluding steroid dienone is 3. The van der Waals surface area contributed by atoms with E-state index in [0.29, 0.717) is 17.7 Å². The second-order valence-electron chi connectivity index (χ2n) is 5.88. The van der Waals surface area contributed by atoms with Gasteiger partial charge in [0, 0.05) is 19.0 Å². The molecule has 0 radical (unpaired) electrons. The summed E-state index contributed by atoms with van der Waals surface area (Å²) < 4.78 is 0. The van der Waals surface area contributed by atoms with Crippen LogP contribution in [0.1, 0.15) is 51.9 Å². The summed E-state index contributed by atoms with van der Waals surface area (Å²) >= 11 is 0. The van der Waals surface area contributed by atoms with Crippen molar-refractivity contribution < 1.29 is 4.79 Å². The zero-order valence-corrected chi connectivity index (χ0v) is 12.2. The van der Waals surface area contributed by atoms with Gasteiger partial charge < -0.3 is 4.90 Å². The first-order chi connectivity index (χ1) is 9.31. The van der Waals surface area contributed by atoms with Crippen molar-refractivity contribution in [2.24, 2.45) is 11.8 Å². The van der Waals surface area contributed by atoms with E-state index in [2.05, 4.69) is 36.1 Å². The predicted octanol–water partition coefficient (Wildman–Crippen LogP) is 3.94. The van der Waals surface area contributed by atoms with Gasteiger partial charge >= 0.3 is 0 Å². The summed E-state index contributed by atoms with van der Waals surface area (Å²) in [6.45, 7) is 3.93. The molecular weight excluding hydrogens is 234 g/mol. The Labute approximate surface area is 117 Å². The number of unbranched alkanes of at least 4 members (excludes halogenated alkanes) is 1. The Morgan fingerprint density at radius 1 is 1.32 bits per heavy atom. The van der Waals surface area contributed by atoms with Crippen LogP contribution < -0.4 is 0 Å². The molecule has 0 spiro atoms. The van der Waals surface area contributed by atoms with Gasteiger partial charge in [-0.1, -0.05) is 37.6 Å². The van der Waals surface area contributed by atoms with Gasteiger partial charge in [-0.15, -0.1) is 0 Å². The van der Waals surface area contributed by atoms with E-state index >= 15 is 0 Å². The topological polar surface area (TPSA) is 20.3 Å². The summed E-state index contributed by atoms with van der Waals surface area (Å²) in [7, 11) is 0. The van der Waals surface area contributed by atoms with Gasteiger partial charge in [0.15, 0.2) is 0 Å². The average Bonchev–Trinajstić information content (AvgIpc) is 3.27. The average molecular weight is 261 g/mol. The van der Waals surface area contributed by atoms with E-state index in [1.807, 2.05) is 0 Å². The quantitative estimate of drug-likeness (QED) is 0.636. The van der Waals surface area contributed by atoms with Crippen LogP contribution in [-0.2, 0) is 4.79 Å². The standard InChI is InChI=1S/C17H27NO/c1-2-3-13-18(17(19)16-11-12-16)14-7-10-15-8-5-4-6-9-15/h4-5,7,10,15-16H,2-3,6,8-9,11-14H2,1H3/b10-7-. The lowest BCUT2D eigenvalue weighted by Gasteiger charge is -2.21. The third-order valence-corrected chi connectivity index (χ3v) is 4.06. The Balaban J connectivity index is 1.79. The third-order valence-electron chi connectivity index (χ3n) is 4.06. The van der Waals surface area contributed by atoms with Crippen molar-refractivity contribution in [1.82, 2.24) is 4.90 Å². The third kappa shape index (κ3) is 4.85. The van der Waals surface area contributed by atoms with Crippen LogP contribution in [0.3, 0.4) is 0 Å². The molecule has 1 fully saturated rings. The van der Waals surface area contributed by atoms with Crippen molar-refractivity contribution in [3.63, 3.8) is 0 Å². The SMILES string of the molecule is CCCCN(C/C=C\C1CC=CCC1)C(=O)C1CC1. The minimum absolute atomic E-state index is 0.350. The first-order valence-corrected chi connectivity index (χ1v) is 7.91. The molecule has 1 unspecified atom stereocenters. The van der Waals surface area contributed by atoms with Crippen molar-refractivity contribution in [1.29, 1.82) is 0 Å². The van der Waals surface area contributed by atoms with Gasteiger partial charge in [0.2, 0.25) is 5.91 Å². The van der Waals surface area contributed by atoms with Crippen LogP contribution >= 0.6 is 0 Å². The molecule has 0 aromatic heterocycles. The van der Waals surface area contributed by atoms with Gasteiger partial charge in [-0.25, -0.2) is 0 Å². The summed E-state index contributed by atoms with van der Waals surface area (Å²) in [5.41, 5.74) is 0.